The molecule has 1 N–H and O–H groups in total. The topological polar surface area (TPSA) is 81.2 Å². The van der Waals surface area contributed by atoms with Crippen molar-refractivity contribution in [2.75, 3.05) is 6.61 Å². The van der Waals surface area contributed by atoms with Crippen LogP contribution in [0.15, 0.2) is 46.9 Å². The predicted molar refractivity (Wildman–Crippen MR) is 99.7 cm³/mol. The molecule has 2 aromatic heterocycles. The molecule has 0 fully saturated rings. The molecule has 134 valence electrons. The van der Waals surface area contributed by atoms with Crippen molar-refractivity contribution in [1.82, 2.24) is 14.7 Å². The van der Waals surface area contributed by atoms with Crippen LogP contribution in [0.25, 0.3) is 10.4 Å². The van der Waals surface area contributed by atoms with Crippen LogP contribution < -0.4 is 9.46 Å². The van der Waals surface area contributed by atoms with Gasteiger partial charge in [0.2, 0.25) is 10.0 Å². The smallest absolute Gasteiger partial charge is 0.250 e. The van der Waals surface area contributed by atoms with E-state index in [1.807, 2.05) is 25.1 Å². The Morgan fingerprint density at radius 1 is 1.19 bits per heavy atom. The number of hydrogen-bond donors (Lipinski definition) is 1. The first kappa shape index (κ1) is 17.1. The first-order valence-electron chi connectivity index (χ1n) is 8.14. The molecular weight excluding hydrogens is 370 g/mol. The Balaban J connectivity index is 1.52. The zero-order valence-electron chi connectivity index (χ0n) is 14.1. The SMILES string of the molecule is Cc1cnc(CNS(=O)(=O)c2ccc(-c3ccc4c(c3)CCO4)s2)cn1. The van der Waals surface area contributed by atoms with Gasteiger partial charge in [-0.2, -0.15) is 0 Å². The lowest BCUT2D eigenvalue weighted by Crippen LogP contribution is -2.23. The predicted octanol–water partition coefficient (Wildman–Crippen LogP) is 2.93. The van der Waals surface area contributed by atoms with Gasteiger partial charge in [0.15, 0.2) is 0 Å². The fourth-order valence-corrected chi connectivity index (χ4v) is 5.06. The molecule has 8 heteroatoms. The molecule has 3 heterocycles. The van der Waals surface area contributed by atoms with Crippen molar-refractivity contribution in [3.8, 4) is 16.2 Å². The van der Waals surface area contributed by atoms with Crippen molar-refractivity contribution in [2.45, 2.75) is 24.1 Å². The molecule has 1 aromatic carbocycles. The summed E-state index contributed by atoms with van der Waals surface area (Å²) in [7, 11) is -3.59. The molecule has 0 unspecified atom stereocenters. The Hall–Kier alpha value is -2.29. The second-order valence-corrected chi connectivity index (χ2v) is 9.09. The van der Waals surface area contributed by atoms with Crippen molar-refractivity contribution in [1.29, 1.82) is 0 Å². The quantitative estimate of drug-likeness (QED) is 0.728. The normalized spacial score (nSPS) is 13.4. The van der Waals surface area contributed by atoms with E-state index in [1.54, 1.807) is 18.5 Å². The summed E-state index contributed by atoms with van der Waals surface area (Å²) >= 11 is 1.25. The molecule has 3 aromatic rings. The van der Waals surface area contributed by atoms with Crippen LogP contribution in [0.4, 0.5) is 0 Å². The van der Waals surface area contributed by atoms with Gasteiger partial charge in [-0.15, -0.1) is 11.3 Å². The average Bonchev–Trinajstić information content (AvgIpc) is 3.30. The van der Waals surface area contributed by atoms with E-state index in [9.17, 15) is 8.42 Å². The Labute approximate surface area is 156 Å². The maximum atomic E-state index is 12.5. The first-order chi connectivity index (χ1) is 12.5. The van der Waals surface area contributed by atoms with Crippen LogP contribution in [0.3, 0.4) is 0 Å². The van der Waals surface area contributed by atoms with E-state index in [1.165, 1.54) is 11.3 Å². The number of thiophene rings is 1. The zero-order chi connectivity index (χ0) is 18.1. The number of nitrogens with zero attached hydrogens (tertiary/aromatic N) is 2. The third kappa shape index (κ3) is 3.48. The van der Waals surface area contributed by atoms with Crippen molar-refractivity contribution in [3.63, 3.8) is 0 Å². The summed E-state index contributed by atoms with van der Waals surface area (Å²) in [6.45, 7) is 2.65. The number of sulfonamides is 1. The molecule has 1 aliphatic heterocycles. The van der Waals surface area contributed by atoms with E-state index < -0.39 is 10.0 Å². The maximum Gasteiger partial charge on any atom is 0.250 e. The lowest BCUT2D eigenvalue weighted by atomic mass is 10.1. The molecule has 0 amide bonds. The summed E-state index contributed by atoms with van der Waals surface area (Å²) in [4.78, 5) is 9.20. The van der Waals surface area contributed by atoms with E-state index in [4.69, 9.17) is 4.74 Å². The van der Waals surface area contributed by atoms with Crippen molar-refractivity contribution in [3.05, 3.63) is 59.7 Å². The minimum absolute atomic E-state index is 0.110. The third-order valence-corrected chi connectivity index (χ3v) is 7.13. The number of rotatable bonds is 5. The standard InChI is InChI=1S/C18H17N3O3S2/c1-12-9-20-15(10-19-12)11-21-26(22,23)18-5-4-17(25-18)14-2-3-16-13(8-14)6-7-24-16/h2-5,8-10,21H,6-7,11H2,1H3. The van der Waals surface area contributed by atoms with Crippen molar-refractivity contribution in [2.24, 2.45) is 0 Å². The number of aryl methyl sites for hydroxylation is 1. The highest BCUT2D eigenvalue weighted by atomic mass is 32.2. The van der Waals surface area contributed by atoms with Crippen LogP contribution in [0.5, 0.6) is 5.75 Å². The average molecular weight is 387 g/mol. The van der Waals surface area contributed by atoms with Crippen LogP contribution in [0.2, 0.25) is 0 Å². The van der Waals surface area contributed by atoms with Crippen LogP contribution in [0.1, 0.15) is 17.0 Å². The lowest BCUT2D eigenvalue weighted by molar-refractivity contribution is 0.357. The Morgan fingerprint density at radius 3 is 2.88 bits per heavy atom. The van der Waals surface area contributed by atoms with Gasteiger partial charge in [0.25, 0.3) is 0 Å². The number of aromatic nitrogens is 2. The van der Waals surface area contributed by atoms with Gasteiger partial charge in [-0.1, -0.05) is 0 Å². The second-order valence-electron chi connectivity index (χ2n) is 6.01. The molecule has 4 rings (SSSR count). The Bertz CT molecular complexity index is 1040. The maximum absolute atomic E-state index is 12.5. The highest BCUT2D eigenvalue weighted by Gasteiger charge is 2.19. The summed E-state index contributed by atoms with van der Waals surface area (Å²) in [5.41, 5.74) is 3.54. The molecule has 0 aliphatic carbocycles. The van der Waals surface area contributed by atoms with E-state index in [0.29, 0.717) is 12.3 Å². The summed E-state index contributed by atoms with van der Waals surface area (Å²) in [6.07, 6.45) is 4.08. The summed E-state index contributed by atoms with van der Waals surface area (Å²) in [5, 5.41) is 0. The van der Waals surface area contributed by atoms with Gasteiger partial charge < -0.3 is 4.74 Å². The van der Waals surface area contributed by atoms with Gasteiger partial charge in [-0.05, 0) is 48.4 Å². The zero-order valence-corrected chi connectivity index (χ0v) is 15.7. The minimum atomic E-state index is -3.59. The Morgan fingerprint density at radius 2 is 2.08 bits per heavy atom. The number of ether oxygens (including phenoxy) is 1. The third-order valence-electron chi connectivity index (χ3n) is 4.10. The molecule has 0 saturated heterocycles. The molecule has 0 saturated carbocycles. The second kappa shape index (κ2) is 6.79. The first-order valence-corrected chi connectivity index (χ1v) is 10.4. The van der Waals surface area contributed by atoms with E-state index in [0.717, 1.165) is 33.9 Å². The van der Waals surface area contributed by atoms with Gasteiger partial charge in [0.05, 0.1) is 30.7 Å². The molecular formula is C18H17N3O3S2. The van der Waals surface area contributed by atoms with E-state index in [2.05, 4.69) is 20.8 Å². The number of benzene rings is 1. The fraction of sp³-hybridized carbons (Fsp3) is 0.222. The Kier molecular flexibility index (Phi) is 4.47. The summed E-state index contributed by atoms with van der Waals surface area (Å²) < 4.78 is 33.4. The largest absolute Gasteiger partial charge is 0.493 e. The molecule has 6 nitrogen and oxygen atoms in total. The molecule has 0 bridgehead atoms. The van der Waals surface area contributed by atoms with E-state index in [-0.39, 0.29) is 10.8 Å². The molecule has 0 radical (unpaired) electrons. The van der Waals surface area contributed by atoms with Gasteiger partial charge in [0.1, 0.15) is 9.96 Å². The van der Waals surface area contributed by atoms with Crippen LogP contribution >= 0.6 is 11.3 Å². The van der Waals surface area contributed by atoms with Gasteiger partial charge in [-0.25, -0.2) is 13.1 Å². The number of hydrogen-bond acceptors (Lipinski definition) is 6. The lowest BCUT2D eigenvalue weighted by Gasteiger charge is -2.04. The number of nitrogens with one attached hydrogen (secondary N) is 1. The van der Waals surface area contributed by atoms with Gasteiger partial charge in [-0.3, -0.25) is 9.97 Å². The van der Waals surface area contributed by atoms with Crippen LogP contribution in [-0.2, 0) is 23.0 Å². The molecule has 0 atom stereocenters. The van der Waals surface area contributed by atoms with Crippen LogP contribution in [0, 0.1) is 6.92 Å². The summed E-state index contributed by atoms with van der Waals surface area (Å²) in [6, 6.07) is 9.44. The van der Waals surface area contributed by atoms with Crippen molar-refractivity contribution < 1.29 is 13.2 Å². The fourth-order valence-electron chi connectivity index (χ4n) is 2.71. The molecule has 26 heavy (non-hydrogen) atoms. The highest BCUT2D eigenvalue weighted by molar-refractivity contribution is 7.91. The highest BCUT2D eigenvalue weighted by Crippen LogP contribution is 2.35. The minimum Gasteiger partial charge on any atom is -0.493 e. The number of fused-ring (bicyclic) bond motifs is 1. The van der Waals surface area contributed by atoms with Crippen molar-refractivity contribution >= 4 is 21.4 Å². The molecule has 0 spiro atoms. The molecule has 1 aliphatic rings. The van der Waals surface area contributed by atoms with Gasteiger partial charge >= 0.3 is 0 Å². The van der Waals surface area contributed by atoms with Crippen LogP contribution in [-0.4, -0.2) is 25.0 Å². The van der Waals surface area contributed by atoms with Gasteiger partial charge in [0, 0.05) is 17.5 Å². The summed E-state index contributed by atoms with van der Waals surface area (Å²) in [5.74, 6) is 0.916. The monoisotopic (exact) mass is 387 g/mol. The van der Waals surface area contributed by atoms with E-state index >= 15 is 0 Å².